The van der Waals surface area contributed by atoms with Crippen molar-refractivity contribution in [1.29, 1.82) is 0 Å². The summed E-state index contributed by atoms with van der Waals surface area (Å²) in [6.07, 6.45) is 0. The van der Waals surface area contributed by atoms with Crippen LogP contribution in [0.1, 0.15) is 5.56 Å². The summed E-state index contributed by atoms with van der Waals surface area (Å²) in [4.78, 5) is 25.8. The highest BCUT2D eigenvalue weighted by Gasteiger charge is 2.34. The highest BCUT2D eigenvalue weighted by Crippen LogP contribution is 2.25. The van der Waals surface area contributed by atoms with Crippen LogP contribution >= 0.6 is 0 Å². The third kappa shape index (κ3) is 3.87. The Bertz CT molecular complexity index is 863. The fraction of sp³-hybridized carbons (Fsp3) is 0.375. The Hall–Kier alpha value is -2.43. The minimum absolute atomic E-state index is 0.00181. The van der Waals surface area contributed by atoms with Crippen LogP contribution in [0.25, 0.3) is 0 Å². The summed E-state index contributed by atoms with van der Waals surface area (Å²) in [5, 5.41) is 11.9. The highest BCUT2D eigenvalue weighted by molar-refractivity contribution is 7.89. The molecule has 0 radical (unpaired) electrons. The van der Waals surface area contributed by atoms with Crippen LogP contribution in [0.15, 0.2) is 34.4 Å². The molecule has 142 valence electrons. The predicted octanol–water partition coefficient (Wildman–Crippen LogP) is -0.423. The van der Waals surface area contributed by atoms with Crippen molar-refractivity contribution in [2.45, 2.75) is 11.8 Å². The van der Waals surface area contributed by atoms with Crippen molar-refractivity contribution < 1.29 is 27.9 Å². The number of ether oxygens (including phenoxy) is 1. The zero-order valence-corrected chi connectivity index (χ0v) is 15.5. The van der Waals surface area contributed by atoms with E-state index in [1.54, 1.807) is 19.1 Å². The van der Waals surface area contributed by atoms with Crippen LogP contribution in [-0.4, -0.2) is 64.2 Å². The zero-order chi connectivity index (χ0) is 19.5. The number of sulfonamides is 1. The van der Waals surface area contributed by atoms with E-state index in [-0.39, 0.29) is 35.9 Å². The predicted molar refractivity (Wildman–Crippen MR) is 93.8 cm³/mol. The van der Waals surface area contributed by atoms with E-state index in [9.17, 15) is 18.0 Å². The fourth-order valence-corrected chi connectivity index (χ4v) is 3.56. The molecular weight excluding hydrogens is 362 g/mol. The van der Waals surface area contributed by atoms with Crippen molar-refractivity contribution in [2.75, 3.05) is 39.2 Å². The number of benzene rings is 1. The van der Waals surface area contributed by atoms with Crippen molar-refractivity contribution in [1.82, 2.24) is 9.62 Å². The fourth-order valence-electron chi connectivity index (χ4n) is 2.57. The summed E-state index contributed by atoms with van der Waals surface area (Å²) in [6.45, 7) is 1.47. The van der Waals surface area contributed by atoms with E-state index in [2.05, 4.69) is 10.0 Å². The molecule has 0 aliphatic carbocycles. The molecule has 1 aromatic carbocycles. The molecule has 1 aliphatic heterocycles. The van der Waals surface area contributed by atoms with Gasteiger partial charge in [0.15, 0.2) is 0 Å². The number of aliphatic hydroxyl groups is 1. The number of nitrogens with one attached hydrogen (secondary N) is 2. The molecule has 3 N–H and O–H groups in total. The molecule has 26 heavy (non-hydrogen) atoms. The number of anilines is 1. The number of hydrogen-bond donors (Lipinski definition) is 3. The summed E-state index contributed by atoms with van der Waals surface area (Å²) in [5.74, 6) is -1.14. The van der Waals surface area contributed by atoms with Gasteiger partial charge in [-0.2, -0.15) is 0 Å². The molecule has 10 heteroatoms. The second-order valence-electron chi connectivity index (χ2n) is 5.61. The molecule has 0 spiro atoms. The van der Waals surface area contributed by atoms with E-state index < -0.39 is 21.9 Å². The molecule has 9 nitrogen and oxygen atoms in total. The molecule has 0 fully saturated rings. The summed E-state index contributed by atoms with van der Waals surface area (Å²) in [6, 6.07) is 4.58. The summed E-state index contributed by atoms with van der Waals surface area (Å²) < 4.78 is 31.2. The maximum absolute atomic E-state index is 12.5. The number of β-amino-alcohol motifs (C(OH)–C–C–N with tert-alkyl or cyclic N) is 1. The van der Waals surface area contributed by atoms with Gasteiger partial charge in [-0.05, 0) is 31.7 Å². The minimum atomic E-state index is -3.68. The molecule has 0 aromatic heterocycles. The molecule has 0 atom stereocenters. The SMILES string of the molecule is CNS(=O)(=O)c1cc(NC2=C(C(=O)OC)CN(CCO)C2=O)ccc1C. The van der Waals surface area contributed by atoms with Gasteiger partial charge in [-0.1, -0.05) is 6.07 Å². The van der Waals surface area contributed by atoms with Crippen molar-refractivity contribution in [2.24, 2.45) is 0 Å². The van der Waals surface area contributed by atoms with Crippen LogP contribution in [-0.2, 0) is 24.3 Å². The quantitative estimate of drug-likeness (QED) is 0.546. The molecule has 2 rings (SSSR count). The number of rotatable bonds is 7. The lowest BCUT2D eigenvalue weighted by molar-refractivity contribution is -0.136. The molecule has 0 saturated heterocycles. The molecule has 1 amide bonds. The third-order valence-electron chi connectivity index (χ3n) is 3.97. The van der Waals surface area contributed by atoms with Crippen LogP contribution < -0.4 is 10.0 Å². The lowest BCUT2D eigenvalue weighted by Crippen LogP contribution is -2.31. The molecule has 0 saturated carbocycles. The monoisotopic (exact) mass is 383 g/mol. The molecule has 1 heterocycles. The van der Waals surface area contributed by atoms with Gasteiger partial charge in [0.25, 0.3) is 5.91 Å². The zero-order valence-electron chi connectivity index (χ0n) is 14.7. The van der Waals surface area contributed by atoms with E-state index in [1.807, 2.05) is 0 Å². The van der Waals surface area contributed by atoms with E-state index >= 15 is 0 Å². The second-order valence-corrected chi connectivity index (χ2v) is 7.46. The van der Waals surface area contributed by atoms with Crippen molar-refractivity contribution in [3.63, 3.8) is 0 Å². The van der Waals surface area contributed by atoms with Gasteiger partial charge in [0.2, 0.25) is 10.0 Å². The van der Waals surface area contributed by atoms with Gasteiger partial charge in [-0.3, -0.25) is 4.79 Å². The van der Waals surface area contributed by atoms with Gasteiger partial charge in [-0.15, -0.1) is 0 Å². The van der Waals surface area contributed by atoms with Crippen LogP contribution in [0.4, 0.5) is 5.69 Å². The lowest BCUT2D eigenvalue weighted by atomic mass is 10.2. The first kappa shape index (κ1) is 19.9. The lowest BCUT2D eigenvalue weighted by Gasteiger charge is -2.15. The van der Waals surface area contributed by atoms with E-state index in [0.717, 1.165) is 0 Å². The first-order valence-corrected chi connectivity index (χ1v) is 9.26. The number of aliphatic hydroxyl groups excluding tert-OH is 1. The van der Waals surface area contributed by atoms with Crippen molar-refractivity contribution >= 4 is 27.6 Å². The van der Waals surface area contributed by atoms with E-state index in [4.69, 9.17) is 9.84 Å². The normalized spacial score (nSPS) is 14.8. The second kappa shape index (κ2) is 7.85. The largest absolute Gasteiger partial charge is 0.466 e. The molecule has 1 aliphatic rings. The number of esters is 1. The number of amides is 1. The maximum Gasteiger partial charge on any atom is 0.337 e. The smallest absolute Gasteiger partial charge is 0.337 e. The van der Waals surface area contributed by atoms with Crippen LogP contribution in [0, 0.1) is 6.92 Å². The average Bonchev–Trinajstić information content (AvgIpc) is 2.92. The Morgan fingerprint density at radius 2 is 2.08 bits per heavy atom. The number of aryl methyl sites for hydroxylation is 1. The molecule has 1 aromatic rings. The maximum atomic E-state index is 12.5. The number of carbonyl (C=O) groups excluding carboxylic acids is 2. The number of carbonyl (C=O) groups is 2. The van der Waals surface area contributed by atoms with Crippen molar-refractivity contribution in [3.05, 3.63) is 35.0 Å². The van der Waals surface area contributed by atoms with Gasteiger partial charge in [-0.25, -0.2) is 17.9 Å². The first-order valence-electron chi connectivity index (χ1n) is 7.78. The Balaban J connectivity index is 2.43. The molecule has 0 unspecified atom stereocenters. The summed E-state index contributed by atoms with van der Waals surface area (Å²) >= 11 is 0. The minimum Gasteiger partial charge on any atom is -0.466 e. The van der Waals surface area contributed by atoms with Crippen molar-refractivity contribution in [3.8, 4) is 0 Å². The topological polar surface area (TPSA) is 125 Å². The number of hydrogen-bond acceptors (Lipinski definition) is 7. The Labute approximate surface area is 151 Å². The van der Waals surface area contributed by atoms with E-state index in [1.165, 1.54) is 25.1 Å². The number of nitrogens with zero attached hydrogens (tertiary/aromatic N) is 1. The van der Waals surface area contributed by atoms with Crippen LogP contribution in [0.2, 0.25) is 0 Å². The first-order chi connectivity index (χ1) is 12.2. The Kier molecular flexibility index (Phi) is 6.01. The third-order valence-corrected chi connectivity index (χ3v) is 5.53. The van der Waals surface area contributed by atoms with Gasteiger partial charge in [0.05, 0.1) is 30.7 Å². The molecule has 0 bridgehead atoms. The van der Waals surface area contributed by atoms with E-state index in [0.29, 0.717) is 11.3 Å². The van der Waals surface area contributed by atoms with Gasteiger partial charge in [0, 0.05) is 12.2 Å². The number of methoxy groups -OCH3 is 1. The van der Waals surface area contributed by atoms with Crippen LogP contribution in [0.3, 0.4) is 0 Å². The van der Waals surface area contributed by atoms with Gasteiger partial charge < -0.3 is 20.1 Å². The molecular formula is C16H21N3O6S. The highest BCUT2D eigenvalue weighted by atomic mass is 32.2. The summed E-state index contributed by atoms with van der Waals surface area (Å²) in [5.41, 5.74) is 0.985. The van der Waals surface area contributed by atoms with Gasteiger partial charge in [0.1, 0.15) is 5.70 Å². The van der Waals surface area contributed by atoms with Gasteiger partial charge >= 0.3 is 5.97 Å². The van der Waals surface area contributed by atoms with Crippen LogP contribution in [0.5, 0.6) is 0 Å². The Morgan fingerprint density at radius 3 is 2.65 bits per heavy atom. The Morgan fingerprint density at radius 1 is 1.38 bits per heavy atom. The average molecular weight is 383 g/mol. The summed E-state index contributed by atoms with van der Waals surface area (Å²) in [7, 11) is -1.17. The standard InChI is InChI=1S/C16H21N3O6S/c1-10-4-5-11(8-13(10)26(23,24)17-2)18-14-12(16(22)25-3)9-19(6-7-20)15(14)21/h4-5,8,17-18,20H,6-7,9H2,1-3H3.